The maximum absolute atomic E-state index is 10.9. The average Bonchev–Trinajstić information content (AvgIpc) is 2.71. The molecule has 1 aliphatic heterocycles. The quantitative estimate of drug-likeness (QED) is 0.129. The summed E-state index contributed by atoms with van der Waals surface area (Å²) in [5.41, 5.74) is 0. The molecule has 0 aromatic carbocycles. The molecule has 0 amide bonds. The number of hydrogen-bond donors (Lipinski definition) is 0. The summed E-state index contributed by atoms with van der Waals surface area (Å²) in [5, 5.41) is 0. The molecular weight excluding hydrogens is 348 g/mol. The van der Waals surface area contributed by atoms with Crippen LogP contribution in [-0.4, -0.2) is 25.3 Å². The Labute approximate surface area is 174 Å². The molecule has 0 saturated carbocycles. The average molecular weight is 395 g/mol. The molecule has 0 aliphatic carbocycles. The van der Waals surface area contributed by atoms with E-state index in [1.54, 1.807) is 0 Å². The lowest BCUT2D eigenvalue weighted by atomic mass is 10.0. The van der Waals surface area contributed by atoms with Gasteiger partial charge in [0.15, 0.2) is 6.29 Å². The largest absolute Gasteiger partial charge is 0.353 e. The van der Waals surface area contributed by atoms with E-state index in [9.17, 15) is 4.79 Å². The van der Waals surface area contributed by atoms with Gasteiger partial charge in [0.1, 0.15) is 6.29 Å². The summed E-state index contributed by atoms with van der Waals surface area (Å²) < 4.78 is 11.6. The summed E-state index contributed by atoms with van der Waals surface area (Å²) in [7, 11) is 0. The topological polar surface area (TPSA) is 35.5 Å². The summed E-state index contributed by atoms with van der Waals surface area (Å²) in [4.78, 5) is 10.9. The van der Waals surface area contributed by atoms with E-state index in [4.69, 9.17) is 9.47 Å². The molecule has 1 heterocycles. The Morgan fingerprint density at radius 2 is 1.54 bits per heavy atom. The third kappa shape index (κ3) is 15.3. The highest BCUT2D eigenvalue weighted by Crippen LogP contribution is 2.19. The smallest absolute Gasteiger partial charge is 0.157 e. The third-order valence-corrected chi connectivity index (χ3v) is 5.63. The molecule has 1 unspecified atom stereocenters. The molecule has 3 nitrogen and oxygen atoms in total. The normalized spacial score (nSPS) is 18.5. The molecule has 28 heavy (non-hydrogen) atoms. The van der Waals surface area contributed by atoms with Crippen LogP contribution in [0.3, 0.4) is 0 Å². The SMILES string of the molecule is CCCCCCCCC=CCCCCCCCC(CC=O)O[C@@H]1CCCCO1. The molecule has 3 heteroatoms. The molecule has 164 valence electrons. The number of carbonyl (C=O) groups excluding carboxylic acids is 1. The Morgan fingerprint density at radius 1 is 0.893 bits per heavy atom. The van der Waals surface area contributed by atoms with Gasteiger partial charge in [-0.15, -0.1) is 0 Å². The van der Waals surface area contributed by atoms with Crippen LogP contribution in [0, 0.1) is 0 Å². The van der Waals surface area contributed by atoms with Gasteiger partial charge in [-0.05, 0) is 51.4 Å². The Balaban J connectivity index is 1.89. The van der Waals surface area contributed by atoms with Crippen molar-refractivity contribution in [2.75, 3.05) is 6.61 Å². The first-order valence-electron chi connectivity index (χ1n) is 12.2. The molecule has 2 atom stereocenters. The summed E-state index contributed by atoms with van der Waals surface area (Å²) >= 11 is 0. The monoisotopic (exact) mass is 394 g/mol. The van der Waals surface area contributed by atoms with Gasteiger partial charge in [0, 0.05) is 13.0 Å². The molecule has 1 saturated heterocycles. The summed E-state index contributed by atoms with van der Waals surface area (Å²) in [5.74, 6) is 0. The summed E-state index contributed by atoms with van der Waals surface area (Å²) in [6, 6.07) is 0. The second-order valence-electron chi connectivity index (χ2n) is 8.33. The minimum atomic E-state index is -0.0816. The molecule has 1 fully saturated rings. The van der Waals surface area contributed by atoms with Crippen LogP contribution in [0.15, 0.2) is 12.2 Å². The number of ether oxygens (including phenoxy) is 2. The second kappa shape index (κ2) is 19.6. The predicted molar refractivity (Wildman–Crippen MR) is 119 cm³/mol. The van der Waals surface area contributed by atoms with E-state index < -0.39 is 0 Å². The van der Waals surface area contributed by atoms with Gasteiger partial charge >= 0.3 is 0 Å². The number of unbranched alkanes of at least 4 members (excludes halogenated alkanes) is 11. The highest BCUT2D eigenvalue weighted by molar-refractivity contribution is 5.50. The first-order valence-corrected chi connectivity index (χ1v) is 12.2. The van der Waals surface area contributed by atoms with Crippen molar-refractivity contribution in [1.82, 2.24) is 0 Å². The number of rotatable bonds is 19. The zero-order chi connectivity index (χ0) is 20.1. The Bertz CT molecular complexity index is 361. The molecule has 1 rings (SSSR count). The van der Waals surface area contributed by atoms with Crippen LogP contribution >= 0.6 is 0 Å². The fourth-order valence-electron chi connectivity index (χ4n) is 3.82. The lowest BCUT2D eigenvalue weighted by Gasteiger charge is -2.27. The van der Waals surface area contributed by atoms with Crippen LogP contribution in [0.2, 0.25) is 0 Å². The van der Waals surface area contributed by atoms with Crippen molar-refractivity contribution in [3.8, 4) is 0 Å². The molecule has 0 N–H and O–H groups in total. The van der Waals surface area contributed by atoms with Crippen molar-refractivity contribution in [1.29, 1.82) is 0 Å². The van der Waals surface area contributed by atoms with E-state index in [0.29, 0.717) is 6.42 Å². The first-order chi connectivity index (χ1) is 13.9. The van der Waals surface area contributed by atoms with Gasteiger partial charge in [-0.25, -0.2) is 0 Å². The van der Waals surface area contributed by atoms with Gasteiger partial charge in [-0.1, -0.05) is 76.9 Å². The maximum Gasteiger partial charge on any atom is 0.157 e. The highest BCUT2D eigenvalue weighted by atomic mass is 16.7. The first kappa shape index (κ1) is 25.4. The lowest BCUT2D eigenvalue weighted by molar-refractivity contribution is -0.190. The van der Waals surface area contributed by atoms with E-state index in [0.717, 1.165) is 38.6 Å². The van der Waals surface area contributed by atoms with Gasteiger partial charge in [0.05, 0.1) is 6.10 Å². The van der Waals surface area contributed by atoms with Crippen molar-refractivity contribution < 1.29 is 14.3 Å². The van der Waals surface area contributed by atoms with E-state index >= 15 is 0 Å². The molecular formula is C25H46O3. The van der Waals surface area contributed by atoms with Gasteiger partial charge < -0.3 is 14.3 Å². The van der Waals surface area contributed by atoms with Crippen LogP contribution in [-0.2, 0) is 14.3 Å². The molecule has 0 radical (unpaired) electrons. The molecule has 1 aliphatic rings. The van der Waals surface area contributed by atoms with Crippen LogP contribution in [0.25, 0.3) is 0 Å². The lowest BCUT2D eigenvalue weighted by Crippen LogP contribution is -2.28. The Kier molecular flexibility index (Phi) is 17.8. The maximum atomic E-state index is 10.9. The van der Waals surface area contributed by atoms with Crippen molar-refractivity contribution in [3.63, 3.8) is 0 Å². The van der Waals surface area contributed by atoms with Crippen molar-refractivity contribution in [2.24, 2.45) is 0 Å². The standard InChI is InChI=1S/C25H46O3/c1-2-3-4-5-6-7-8-9-10-11-12-13-14-15-16-19-24(21-22-26)28-25-20-17-18-23-27-25/h9-10,22,24-25H,2-8,11-21,23H2,1H3/t24?,25-/m1/s1. The fraction of sp³-hybridized carbons (Fsp3) is 0.880. The van der Waals surface area contributed by atoms with Crippen molar-refractivity contribution in [2.45, 2.75) is 135 Å². The van der Waals surface area contributed by atoms with E-state index in [1.807, 2.05) is 0 Å². The zero-order valence-corrected chi connectivity index (χ0v) is 18.5. The van der Waals surface area contributed by atoms with Crippen LogP contribution < -0.4 is 0 Å². The second-order valence-corrected chi connectivity index (χ2v) is 8.33. The number of hydrogen-bond acceptors (Lipinski definition) is 3. The zero-order valence-electron chi connectivity index (χ0n) is 18.5. The number of aldehydes is 1. The van der Waals surface area contributed by atoms with Crippen LogP contribution in [0.4, 0.5) is 0 Å². The van der Waals surface area contributed by atoms with E-state index in [-0.39, 0.29) is 12.4 Å². The third-order valence-electron chi connectivity index (χ3n) is 5.63. The Hall–Kier alpha value is -0.670. The van der Waals surface area contributed by atoms with Crippen LogP contribution in [0.5, 0.6) is 0 Å². The minimum Gasteiger partial charge on any atom is -0.353 e. The molecule has 0 aromatic heterocycles. The molecule has 0 aromatic rings. The van der Waals surface area contributed by atoms with Gasteiger partial charge in [0.25, 0.3) is 0 Å². The van der Waals surface area contributed by atoms with Gasteiger partial charge in [-0.2, -0.15) is 0 Å². The van der Waals surface area contributed by atoms with Crippen molar-refractivity contribution in [3.05, 3.63) is 12.2 Å². The summed E-state index contributed by atoms with van der Waals surface area (Å²) in [6.07, 6.45) is 27.6. The predicted octanol–water partition coefficient (Wildman–Crippen LogP) is 7.52. The van der Waals surface area contributed by atoms with Crippen molar-refractivity contribution >= 4 is 6.29 Å². The Morgan fingerprint density at radius 3 is 2.14 bits per heavy atom. The number of carbonyl (C=O) groups is 1. The van der Waals surface area contributed by atoms with E-state index in [1.165, 1.54) is 83.5 Å². The van der Waals surface area contributed by atoms with E-state index in [2.05, 4.69) is 19.1 Å². The molecule has 0 bridgehead atoms. The number of allylic oxidation sites excluding steroid dienone is 2. The fourth-order valence-corrected chi connectivity index (χ4v) is 3.82. The molecule has 0 spiro atoms. The van der Waals surface area contributed by atoms with Gasteiger partial charge in [0.2, 0.25) is 0 Å². The minimum absolute atomic E-state index is 0.0468. The van der Waals surface area contributed by atoms with Crippen LogP contribution in [0.1, 0.15) is 122 Å². The summed E-state index contributed by atoms with van der Waals surface area (Å²) in [6.45, 7) is 3.07. The van der Waals surface area contributed by atoms with Gasteiger partial charge in [-0.3, -0.25) is 0 Å². The highest BCUT2D eigenvalue weighted by Gasteiger charge is 2.19.